The molecule has 0 radical (unpaired) electrons. The van der Waals surface area contributed by atoms with Gasteiger partial charge in [0.2, 0.25) is 5.16 Å². The van der Waals surface area contributed by atoms with E-state index in [2.05, 4.69) is 10.2 Å². The number of aryl methyl sites for hydroxylation is 1. The van der Waals surface area contributed by atoms with Gasteiger partial charge in [-0.2, -0.15) is 0 Å². The first kappa shape index (κ1) is 16.0. The normalized spacial score (nSPS) is 10.7. The smallest absolute Gasteiger partial charge is 0.269 e. The summed E-state index contributed by atoms with van der Waals surface area (Å²) in [6.07, 6.45) is 0. The van der Waals surface area contributed by atoms with Crippen molar-refractivity contribution in [3.8, 4) is 11.4 Å². The van der Waals surface area contributed by atoms with Crippen molar-refractivity contribution in [2.75, 3.05) is 5.84 Å². The highest BCUT2D eigenvalue weighted by Gasteiger charge is 2.12. The molecule has 2 aromatic carbocycles. The highest BCUT2D eigenvalue weighted by Crippen LogP contribution is 2.25. The molecule has 3 rings (SSSR count). The van der Waals surface area contributed by atoms with Gasteiger partial charge < -0.3 is 5.84 Å². The van der Waals surface area contributed by atoms with Crippen LogP contribution in [0.4, 0.5) is 5.69 Å². The van der Waals surface area contributed by atoms with E-state index in [9.17, 15) is 10.1 Å². The molecule has 0 aliphatic carbocycles. The lowest BCUT2D eigenvalue weighted by atomic mass is 10.1. The molecule has 0 bridgehead atoms. The number of hydrogen-bond acceptors (Lipinski definition) is 6. The molecular weight excluding hydrogens is 326 g/mol. The second-order valence-electron chi connectivity index (χ2n) is 5.26. The minimum atomic E-state index is -0.415. The zero-order valence-corrected chi connectivity index (χ0v) is 13.7. The van der Waals surface area contributed by atoms with E-state index in [0.29, 0.717) is 16.7 Å². The molecule has 1 heterocycles. The molecule has 0 fully saturated rings. The number of thioether (sulfide) groups is 1. The fourth-order valence-corrected chi connectivity index (χ4v) is 3.03. The third-order valence-corrected chi connectivity index (χ3v) is 4.47. The van der Waals surface area contributed by atoms with Crippen LogP contribution < -0.4 is 5.84 Å². The number of nitrogens with two attached hydrogens (primary N) is 1. The summed E-state index contributed by atoms with van der Waals surface area (Å²) in [5.74, 6) is 7.30. The number of non-ortho nitro benzene ring substituents is 1. The van der Waals surface area contributed by atoms with Crippen molar-refractivity contribution in [3.05, 3.63) is 69.8 Å². The topological polar surface area (TPSA) is 99.9 Å². The fourth-order valence-electron chi connectivity index (χ4n) is 2.22. The van der Waals surface area contributed by atoms with Crippen LogP contribution in [0.15, 0.2) is 53.7 Å². The van der Waals surface area contributed by atoms with Gasteiger partial charge in [-0.1, -0.05) is 47.7 Å². The van der Waals surface area contributed by atoms with E-state index in [4.69, 9.17) is 5.84 Å². The van der Waals surface area contributed by atoms with Crippen molar-refractivity contribution in [2.24, 2.45) is 0 Å². The Morgan fingerprint density at radius 3 is 2.62 bits per heavy atom. The Hall–Kier alpha value is -2.87. The van der Waals surface area contributed by atoms with E-state index in [1.54, 1.807) is 12.1 Å². The molecule has 0 saturated heterocycles. The number of benzene rings is 2. The van der Waals surface area contributed by atoms with E-state index < -0.39 is 4.92 Å². The summed E-state index contributed by atoms with van der Waals surface area (Å²) in [4.78, 5) is 10.2. The van der Waals surface area contributed by atoms with Gasteiger partial charge in [-0.05, 0) is 18.6 Å². The first-order chi connectivity index (χ1) is 11.5. The maximum Gasteiger partial charge on any atom is 0.269 e. The molecule has 2 N–H and O–H groups in total. The van der Waals surface area contributed by atoms with Crippen LogP contribution in [0, 0.1) is 17.0 Å². The number of nitrogens with zero attached hydrogens (tertiary/aromatic N) is 4. The quantitative estimate of drug-likeness (QED) is 0.331. The standard InChI is InChI=1S/C16H15N5O2S/c1-11-3-2-4-13(9-11)15-18-19-16(20(15)17)24-10-12-5-7-14(8-6-12)21(22)23/h2-9H,10,17H2,1H3. The summed E-state index contributed by atoms with van der Waals surface area (Å²) in [6, 6.07) is 14.3. The Bertz CT molecular complexity index is 876. The molecule has 8 heteroatoms. The van der Waals surface area contributed by atoms with Crippen molar-refractivity contribution >= 4 is 17.4 Å². The Balaban J connectivity index is 1.73. The van der Waals surface area contributed by atoms with Crippen LogP contribution in [0.2, 0.25) is 0 Å². The third kappa shape index (κ3) is 3.38. The summed E-state index contributed by atoms with van der Waals surface area (Å²) in [7, 11) is 0. The molecule has 0 aliphatic rings. The largest absolute Gasteiger partial charge is 0.335 e. The van der Waals surface area contributed by atoms with Crippen molar-refractivity contribution < 1.29 is 4.92 Å². The van der Waals surface area contributed by atoms with Gasteiger partial charge in [-0.15, -0.1) is 10.2 Å². The van der Waals surface area contributed by atoms with Gasteiger partial charge in [0.25, 0.3) is 5.69 Å². The molecule has 0 spiro atoms. The third-order valence-electron chi connectivity index (χ3n) is 3.46. The van der Waals surface area contributed by atoms with Gasteiger partial charge in [0, 0.05) is 23.4 Å². The van der Waals surface area contributed by atoms with Crippen LogP contribution in [-0.4, -0.2) is 19.8 Å². The fraction of sp³-hybridized carbons (Fsp3) is 0.125. The van der Waals surface area contributed by atoms with Gasteiger partial charge in [0.1, 0.15) is 0 Å². The number of nitro groups is 1. The molecule has 24 heavy (non-hydrogen) atoms. The number of hydrogen-bond donors (Lipinski definition) is 1. The van der Waals surface area contributed by atoms with Crippen molar-refractivity contribution in [1.29, 1.82) is 0 Å². The second kappa shape index (κ2) is 6.71. The van der Waals surface area contributed by atoms with Crippen LogP contribution in [0.5, 0.6) is 0 Å². The second-order valence-corrected chi connectivity index (χ2v) is 6.20. The minimum absolute atomic E-state index is 0.0764. The summed E-state index contributed by atoms with van der Waals surface area (Å²) in [5.41, 5.74) is 3.06. The van der Waals surface area contributed by atoms with E-state index in [1.165, 1.54) is 28.6 Å². The lowest BCUT2D eigenvalue weighted by Gasteiger charge is -2.04. The van der Waals surface area contributed by atoms with Crippen LogP contribution in [0.25, 0.3) is 11.4 Å². The monoisotopic (exact) mass is 341 g/mol. The summed E-state index contributed by atoms with van der Waals surface area (Å²) < 4.78 is 1.46. The van der Waals surface area contributed by atoms with Crippen molar-refractivity contribution in [1.82, 2.24) is 14.9 Å². The molecule has 0 amide bonds. The first-order valence-electron chi connectivity index (χ1n) is 7.18. The summed E-state index contributed by atoms with van der Waals surface area (Å²) in [6.45, 7) is 2.00. The van der Waals surface area contributed by atoms with Crippen LogP contribution >= 0.6 is 11.8 Å². The average molecular weight is 341 g/mol. The molecule has 3 aromatic rings. The van der Waals surface area contributed by atoms with Crippen LogP contribution in [0.3, 0.4) is 0 Å². The predicted octanol–water partition coefficient (Wildman–Crippen LogP) is 3.17. The molecule has 0 saturated carbocycles. The molecule has 122 valence electrons. The zero-order valence-electron chi connectivity index (χ0n) is 12.9. The molecule has 0 unspecified atom stereocenters. The van der Waals surface area contributed by atoms with Gasteiger partial charge in [0.15, 0.2) is 5.82 Å². The summed E-state index contributed by atoms with van der Waals surface area (Å²) >= 11 is 1.43. The molecule has 7 nitrogen and oxygen atoms in total. The van der Waals surface area contributed by atoms with Gasteiger partial charge in [0.05, 0.1) is 4.92 Å². The first-order valence-corrected chi connectivity index (χ1v) is 8.17. The maximum absolute atomic E-state index is 10.7. The van der Waals surface area contributed by atoms with Crippen molar-refractivity contribution in [3.63, 3.8) is 0 Å². The van der Waals surface area contributed by atoms with Gasteiger partial charge in [-0.25, -0.2) is 4.68 Å². The lowest BCUT2D eigenvalue weighted by molar-refractivity contribution is -0.384. The Labute approximate surface area is 142 Å². The number of nitro benzene ring substituents is 1. The average Bonchev–Trinajstić information content (AvgIpc) is 2.94. The number of nitrogen functional groups attached to an aromatic ring is 1. The van der Waals surface area contributed by atoms with Crippen LogP contribution in [-0.2, 0) is 5.75 Å². The molecular formula is C16H15N5O2S. The Kier molecular flexibility index (Phi) is 4.48. The zero-order chi connectivity index (χ0) is 17.1. The van der Waals surface area contributed by atoms with Gasteiger partial charge in [-0.3, -0.25) is 10.1 Å². The Morgan fingerprint density at radius 2 is 1.96 bits per heavy atom. The Morgan fingerprint density at radius 1 is 1.21 bits per heavy atom. The molecule has 0 atom stereocenters. The predicted molar refractivity (Wildman–Crippen MR) is 93.0 cm³/mol. The number of rotatable bonds is 5. The van der Waals surface area contributed by atoms with E-state index in [0.717, 1.165) is 16.7 Å². The van der Waals surface area contributed by atoms with Crippen LogP contribution in [0.1, 0.15) is 11.1 Å². The van der Waals surface area contributed by atoms with E-state index >= 15 is 0 Å². The van der Waals surface area contributed by atoms with Crippen molar-refractivity contribution in [2.45, 2.75) is 17.8 Å². The molecule has 0 aliphatic heterocycles. The van der Waals surface area contributed by atoms with E-state index in [1.807, 2.05) is 31.2 Å². The minimum Gasteiger partial charge on any atom is -0.335 e. The summed E-state index contributed by atoms with van der Waals surface area (Å²) in [5, 5.41) is 19.5. The maximum atomic E-state index is 10.7. The van der Waals surface area contributed by atoms with Gasteiger partial charge >= 0.3 is 0 Å². The number of aromatic nitrogens is 3. The molecule has 1 aromatic heterocycles. The lowest BCUT2D eigenvalue weighted by Crippen LogP contribution is -2.11. The van der Waals surface area contributed by atoms with E-state index in [-0.39, 0.29) is 5.69 Å². The SMILES string of the molecule is Cc1cccc(-c2nnc(SCc3ccc([N+](=O)[O-])cc3)n2N)c1. The highest BCUT2D eigenvalue weighted by molar-refractivity contribution is 7.98. The highest BCUT2D eigenvalue weighted by atomic mass is 32.2.